The summed E-state index contributed by atoms with van der Waals surface area (Å²) >= 11 is 0. The highest BCUT2D eigenvalue weighted by molar-refractivity contribution is 6.06. The molecule has 0 fully saturated rings. The van der Waals surface area contributed by atoms with Crippen molar-refractivity contribution < 1.29 is 14.3 Å². The van der Waals surface area contributed by atoms with Crippen LogP contribution < -0.4 is 15.4 Å². The van der Waals surface area contributed by atoms with E-state index in [1.54, 1.807) is 36.0 Å². The summed E-state index contributed by atoms with van der Waals surface area (Å²) < 4.78 is 8.87. The predicted octanol–water partition coefficient (Wildman–Crippen LogP) is 1.98. The molecule has 0 saturated carbocycles. The molecule has 0 unspecified atom stereocenters. The fourth-order valence-electron chi connectivity index (χ4n) is 2.60. The van der Waals surface area contributed by atoms with E-state index >= 15 is 0 Å². The molecule has 0 spiro atoms. The summed E-state index contributed by atoms with van der Waals surface area (Å²) in [6, 6.07) is 10.6. The largest absolute Gasteiger partial charge is 0.484 e. The number of nitrogens with zero attached hydrogens (tertiary/aromatic N) is 3. The summed E-state index contributed by atoms with van der Waals surface area (Å²) in [4.78, 5) is 24.1. The molecule has 8 nitrogen and oxygen atoms in total. The minimum Gasteiger partial charge on any atom is -0.484 e. The Balaban J connectivity index is 1.66. The zero-order valence-corrected chi connectivity index (χ0v) is 15.2. The monoisotopic (exact) mass is 367 g/mol. The van der Waals surface area contributed by atoms with E-state index in [2.05, 4.69) is 15.7 Å². The summed E-state index contributed by atoms with van der Waals surface area (Å²) in [6.07, 6.45) is 5.25. The van der Waals surface area contributed by atoms with Crippen LogP contribution in [0.15, 0.2) is 55.0 Å². The van der Waals surface area contributed by atoms with Crippen LogP contribution in [0.25, 0.3) is 5.82 Å². The van der Waals surface area contributed by atoms with E-state index in [0.717, 1.165) is 0 Å². The second-order valence-corrected chi connectivity index (χ2v) is 5.82. The van der Waals surface area contributed by atoms with Crippen LogP contribution in [0.3, 0.4) is 0 Å². The number of hydrogen-bond acceptors (Lipinski definition) is 4. The first kappa shape index (κ1) is 18.2. The first-order valence-corrected chi connectivity index (χ1v) is 8.54. The van der Waals surface area contributed by atoms with E-state index in [4.69, 9.17) is 4.74 Å². The van der Waals surface area contributed by atoms with Gasteiger partial charge in [-0.1, -0.05) is 0 Å². The molecule has 3 rings (SSSR count). The van der Waals surface area contributed by atoms with Gasteiger partial charge < -0.3 is 19.9 Å². The van der Waals surface area contributed by atoms with Crippen LogP contribution in [-0.2, 0) is 11.8 Å². The van der Waals surface area contributed by atoms with E-state index in [1.165, 1.54) is 6.20 Å². The molecule has 27 heavy (non-hydrogen) atoms. The van der Waals surface area contributed by atoms with E-state index in [9.17, 15) is 9.59 Å². The van der Waals surface area contributed by atoms with Gasteiger partial charge in [-0.2, -0.15) is 5.10 Å². The molecule has 1 aromatic carbocycles. The van der Waals surface area contributed by atoms with Crippen LogP contribution in [0.1, 0.15) is 17.3 Å². The molecule has 2 heterocycles. The highest BCUT2D eigenvalue weighted by Crippen LogP contribution is 2.19. The number of likely N-dealkylation sites (N-methyl/N-ethyl adjacent to an activating group) is 1. The molecule has 2 N–H and O–H groups in total. The van der Waals surface area contributed by atoms with E-state index in [-0.39, 0.29) is 18.4 Å². The molecule has 0 radical (unpaired) electrons. The predicted molar refractivity (Wildman–Crippen MR) is 101 cm³/mol. The lowest BCUT2D eigenvalue weighted by Gasteiger charge is -2.10. The highest BCUT2D eigenvalue weighted by Gasteiger charge is 2.17. The standard InChI is InChI=1S/C19H21N5O3/c1-3-20-17(25)13-27-15-8-6-14(7-9-15)22-18(26)16-12-21-23(2)19(16)24-10-4-5-11-24/h4-12H,3,13H2,1-2H3,(H,20,25)(H,22,26). The van der Waals surface area contributed by atoms with Gasteiger partial charge >= 0.3 is 0 Å². The summed E-state index contributed by atoms with van der Waals surface area (Å²) in [5, 5.41) is 9.69. The number of amides is 2. The van der Waals surface area contributed by atoms with Gasteiger partial charge in [0.1, 0.15) is 17.1 Å². The first-order valence-electron chi connectivity index (χ1n) is 8.54. The van der Waals surface area contributed by atoms with Gasteiger partial charge in [-0.25, -0.2) is 0 Å². The molecule has 0 atom stereocenters. The van der Waals surface area contributed by atoms with Crippen LogP contribution in [0, 0.1) is 0 Å². The smallest absolute Gasteiger partial charge is 0.261 e. The molecule has 0 aliphatic carbocycles. The lowest BCUT2D eigenvalue weighted by atomic mass is 10.2. The van der Waals surface area contributed by atoms with E-state index in [0.29, 0.717) is 29.4 Å². The number of rotatable bonds is 7. The lowest BCUT2D eigenvalue weighted by molar-refractivity contribution is -0.122. The highest BCUT2D eigenvalue weighted by atomic mass is 16.5. The zero-order valence-electron chi connectivity index (χ0n) is 15.2. The normalized spacial score (nSPS) is 10.4. The van der Waals surface area contributed by atoms with Crippen molar-refractivity contribution in [3.05, 3.63) is 60.6 Å². The SMILES string of the molecule is CCNC(=O)COc1ccc(NC(=O)c2cnn(C)c2-n2cccc2)cc1. The minimum atomic E-state index is -0.261. The molecule has 0 aliphatic heterocycles. The Kier molecular flexibility index (Phi) is 5.55. The summed E-state index contributed by atoms with van der Waals surface area (Å²) in [7, 11) is 1.78. The second kappa shape index (κ2) is 8.22. The van der Waals surface area contributed by atoms with Gasteiger partial charge in [0.2, 0.25) is 0 Å². The molecule has 3 aromatic rings. The average molecular weight is 367 g/mol. The van der Waals surface area contributed by atoms with Gasteiger partial charge in [0, 0.05) is 31.7 Å². The number of aromatic nitrogens is 3. The van der Waals surface area contributed by atoms with Crippen molar-refractivity contribution in [2.75, 3.05) is 18.5 Å². The Hall–Kier alpha value is -3.55. The minimum absolute atomic E-state index is 0.0462. The molecular weight excluding hydrogens is 346 g/mol. The fourth-order valence-corrected chi connectivity index (χ4v) is 2.60. The van der Waals surface area contributed by atoms with Crippen LogP contribution in [0.4, 0.5) is 5.69 Å². The Morgan fingerprint density at radius 3 is 2.52 bits per heavy atom. The summed E-state index contributed by atoms with van der Waals surface area (Å²) in [5.41, 5.74) is 1.08. The van der Waals surface area contributed by atoms with Crippen molar-refractivity contribution in [3.8, 4) is 11.6 Å². The van der Waals surface area contributed by atoms with Crippen molar-refractivity contribution in [3.63, 3.8) is 0 Å². The molecule has 2 amide bonds. The Labute approximate surface area is 156 Å². The summed E-state index contributed by atoms with van der Waals surface area (Å²) in [6.45, 7) is 2.36. The van der Waals surface area contributed by atoms with Gasteiger partial charge in [0.25, 0.3) is 11.8 Å². The molecule has 0 saturated heterocycles. The van der Waals surface area contributed by atoms with Crippen LogP contribution in [0.5, 0.6) is 5.75 Å². The molecule has 8 heteroatoms. The Bertz CT molecular complexity index is 913. The van der Waals surface area contributed by atoms with Crippen molar-refractivity contribution >= 4 is 17.5 Å². The molecule has 2 aromatic heterocycles. The fraction of sp³-hybridized carbons (Fsp3) is 0.211. The Morgan fingerprint density at radius 2 is 1.85 bits per heavy atom. The quantitative estimate of drug-likeness (QED) is 0.668. The molecule has 0 bridgehead atoms. The molecule has 140 valence electrons. The van der Waals surface area contributed by atoms with Crippen molar-refractivity contribution in [2.24, 2.45) is 7.05 Å². The maximum Gasteiger partial charge on any atom is 0.261 e. The van der Waals surface area contributed by atoms with Crippen molar-refractivity contribution in [1.29, 1.82) is 0 Å². The van der Waals surface area contributed by atoms with Gasteiger partial charge in [0.05, 0.1) is 6.20 Å². The Morgan fingerprint density at radius 1 is 1.15 bits per heavy atom. The number of nitrogens with one attached hydrogen (secondary N) is 2. The molecule has 0 aliphatic rings. The maximum atomic E-state index is 12.7. The third kappa shape index (κ3) is 4.35. The van der Waals surface area contributed by atoms with E-state index in [1.807, 2.05) is 36.0 Å². The zero-order chi connectivity index (χ0) is 19.2. The van der Waals surface area contributed by atoms with Crippen LogP contribution in [-0.4, -0.2) is 39.3 Å². The van der Waals surface area contributed by atoms with Gasteiger partial charge in [-0.05, 0) is 43.3 Å². The van der Waals surface area contributed by atoms with Crippen LogP contribution >= 0.6 is 0 Å². The first-order chi connectivity index (χ1) is 13.1. The third-order valence-corrected chi connectivity index (χ3v) is 3.86. The van der Waals surface area contributed by atoms with Crippen molar-refractivity contribution in [1.82, 2.24) is 19.7 Å². The van der Waals surface area contributed by atoms with Gasteiger partial charge in [-0.3, -0.25) is 14.3 Å². The number of benzene rings is 1. The van der Waals surface area contributed by atoms with E-state index < -0.39 is 0 Å². The van der Waals surface area contributed by atoms with Gasteiger partial charge in [0.15, 0.2) is 6.61 Å². The summed E-state index contributed by atoms with van der Waals surface area (Å²) in [5.74, 6) is 0.792. The van der Waals surface area contributed by atoms with Crippen LogP contribution in [0.2, 0.25) is 0 Å². The average Bonchev–Trinajstić information content (AvgIpc) is 3.30. The number of aryl methyl sites for hydroxylation is 1. The maximum absolute atomic E-state index is 12.7. The number of ether oxygens (including phenoxy) is 1. The van der Waals surface area contributed by atoms with Crippen molar-refractivity contribution in [2.45, 2.75) is 6.92 Å². The lowest BCUT2D eigenvalue weighted by Crippen LogP contribution is -2.28. The number of carbonyl (C=O) groups is 2. The topological polar surface area (TPSA) is 90.2 Å². The molecular formula is C19H21N5O3. The van der Waals surface area contributed by atoms with Gasteiger partial charge in [-0.15, -0.1) is 0 Å². The third-order valence-electron chi connectivity index (χ3n) is 3.86. The number of anilines is 1. The number of hydrogen-bond donors (Lipinski definition) is 2. The number of carbonyl (C=O) groups excluding carboxylic acids is 2. The second-order valence-electron chi connectivity index (χ2n) is 5.82.